The van der Waals surface area contributed by atoms with Crippen LogP contribution in [-0.4, -0.2) is 72.2 Å². The zero-order valence-corrected chi connectivity index (χ0v) is 28.1. The molecule has 0 aliphatic heterocycles. The molecule has 0 aromatic heterocycles. The van der Waals surface area contributed by atoms with Crippen LogP contribution < -0.4 is 28.6 Å². The Bertz CT molecular complexity index is 1600. The number of carbonyl (C=O) groups excluding carboxylic acids is 2. The number of amides is 2. The maximum absolute atomic E-state index is 14.4. The van der Waals surface area contributed by atoms with Gasteiger partial charge in [-0.25, -0.2) is 8.42 Å². The zero-order valence-electron chi connectivity index (χ0n) is 26.5. The minimum absolute atomic E-state index is 0.00597. The van der Waals surface area contributed by atoms with Gasteiger partial charge in [0, 0.05) is 29.7 Å². The van der Waals surface area contributed by atoms with E-state index in [0.29, 0.717) is 28.5 Å². The lowest BCUT2D eigenvalue weighted by molar-refractivity contribution is -0.139. The third-order valence-corrected chi connectivity index (χ3v) is 9.28. The van der Waals surface area contributed by atoms with Crippen molar-refractivity contribution in [2.45, 2.75) is 50.7 Å². The minimum Gasteiger partial charge on any atom is -0.497 e. The Balaban J connectivity index is 2.17. The van der Waals surface area contributed by atoms with Gasteiger partial charge in [-0.05, 0) is 62.2 Å². The van der Waals surface area contributed by atoms with E-state index in [2.05, 4.69) is 5.32 Å². The fourth-order valence-electron chi connectivity index (χ4n) is 4.49. The monoisotopic (exact) mass is 661 g/mol. The molecule has 13 heteroatoms. The first-order chi connectivity index (χ1) is 21.4. The van der Waals surface area contributed by atoms with E-state index in [1.807, 2.05) is 13.8 Å². The van der Waals surface area contributed by atoms with Gasteiger partial charge in [-0.2, -0.15) is 0 Å². The average molecular weight is 662 g/mol. The predicted octanol–water partition coefficient (Wildman–Crippen LogP) is 4.90. The molecule has 0 fully saturated rings. The van der Waals surface area contributed by atoms with Crippen LogP contribution >= 0.6 is 11.6 Å². The molecule has 2 amide bonds. The summed E-state index contributed by atoms with van der Waals surface area (Å²) in [7, 11) is 1.20. The number of halogens is 1. The first-order valence-electron chi connectivity index (χ1n) is 14.2. The van der Waals surface area contributed by atoms with Gasteiger partial charge in [0.2, 0.25) is 11.8 Å². The Morgan fingerprint density at radius 1 is 0.867 bits per heavy atom. The van der Waals surface area contributed by atoms with E-state index in [9.17, 15) is 18.0 Å². The van der Waals surface area contributed by atoms with E-state index >= 15 is 0 Å². The van der Waals surface area contributed by atoms with Crippen molar-refractivity contribution in [2.75, 3.05) is 39.3 Å². The normalized spacial score (nSPS) is 12.4. The summed E-state index contributed by atoms with van der Waals surface area (Å²) in [5, 5.41) is 3.36. The van der Waals surface area contributed by atoms with Gasteiger partial charge in [-0.15, -0.1) is 0 Å². The maximum Gasteiger partial charge on any atom is 0.265 e. The number of hydrogen-bond acceptors (Lipinski definition) is 8. The van der Waals surface area contributed by atoms with Crippen molar-refractivity contribution in [1.29, 1.82) is 0 Å². The second-order valence-electron chi connectivity index (χ2n) is 10.2. The summed E-state index contributed by atoms with van der Waals surface area (Å²) >= 11 is 6.22. The average Bonchev–Trinajstić information content (AvgIpc) is 3.04. The third-order valence-electron chi connectivity index (χ3n) is 7.29. The Kier molecular flexibility index (Phi) is 12.3. The smallest absolute Gasteiger partial charge is 0.265 e. The first kappa shape index (κ1) is 35.3. The van der Waals surface area contributed by atoms with E-state index in [4.69, 9.17) is 30.5 Å². The Hall–Kier alpha value is -4.16. The van der Waals surface area contributed by atoms with Crippen molar-refractivity contribution in [2.24, 2.45) is 0 Å². The van der Waals surface area contributed by atoms with Gasteiger partial charge in [0.1, 0.15) is 24.1 Å². The molecule has 0 saturated heterocycles. The summed E-state index contributed by atoms with van der Waals surface area (Å²) < 4.78 is 51.2. The molecule has 2 atom stereocenters. The number of rotatable bonds is 15. The second-order valence-corrected chi connectivity index (χ2v) is 12.5. The Labute approximate surface area is 270 Å². The van der Waals surface area contributed by atoms with Crippen LogP contribution in [-0.2, 0) is 26.2 Å². The van der Waals surface area contributed by atoms with Gasteiger partial charge >= 0.3 is 0 Å². The molecule has 1 N–H and O–H groups in total. The molecule has 3 rings (SSSR count). The van der Waals surface area contributed by atoms with Crippen LogP contribution in [0.1, 0.15) is 32.8 Å². The van der Waals surface area contributed by atoms with E-state index in [1.165, 1.54) is 57.6 Å². The van der Waals surface area contributed by atoms with Gasteiger partial charge in [0.25, 0.3) is 10.0 Å². The largest absolute Gasteiger partial charge is 0.497 e. The van der Waals surface area contributed by atoms with Crippen LogP contribution in [0.15, 0.2) is 65.6 Å². The molecule has 0 saturated carbocycles. The van der Waals surface area contributed by atoms with E-state index in [0.717, 1.165) is 4.31 Å². The molecule has 244 valence electrons. The van der Waals surface area contributed by atoms with E-state index in [-0.39, 0.29) is 40.6 Å². The molecule has 3 aromatic rings. The second kappa shape index (κ2) is 15.7. The standard InChI is InChI=1S/C32H40ClN3O8S/c1-8-21(2)34-32(38)22(3)35(19-23-10-9-11-24(33)16-23)31(37)20-36(27-17-25(41-4)12-14-28(27)42-5)45(39,40)26-13-15-29(43-6)30(18-26)44-7/h9-18,21-22H,8,19-20H2,1-7H3,(H,34,38). The van der Waals surface area contributed by atoms with Gasteiger partial charge in [0.15, 0.2) is 11.5 Å². The molecule has 0 spiro atoms. The third kappa shape index (κ3) is 8.52. The van der Waals surface area contributed by atoms with Crippen molar-refractivity contribution in [1.82, 2.24) is 10.2 Å². The number of methoxy groups -OCH3 is 4. The Morgan fingerprint density at radius 2 is 1.53 bits per heavy atom. The quantitative estimate of drug-likeness (QED) is 0.244. The number of ether oxygens (including phenoxy) is 4. The molecule has 0 aliphatic carbocycles. The molecule has 3 aromatic carbocycles. The zero-order chi connectivity index (χ0) is 33.3. The summed E-state index contributed by atoms with van der Waals surface area (Å²) in [6, 6.07) is 14.5. The summed E-state index contributed by atoms with van der Waals surface area (Å²) in [6.45, 7) is 4.71. The fourth-order valence-corrected chi connectivity index (χ4v) is 6.13. The number of nitrogens with zero attached hydrogens (tertiary/aromatic N) is 2. The molecule has 0 heterocycles. The minimum atomic E-state index is -4.45. The maximum atomic E-state index is 14.4. The van der Waals surface area contributed by atoms with Crippen molar-refractivity contribution in [3.63, 3.8) is 0 Å². The van der Waals surface area contributed by atoms with Crippen molar-refractivity contribution in [3.05, 3.63) is 71.2 Å². The number of anilines is 1. The highest BCUT2D eigenvalue weighted by Crippen LogP contribution is 2.37. The van der Waals surface area contributed by atoms with Crippen molar-refractivity contribution < 1.29 is 37.0 Å². The molecule has 0 radical (unpaired) electrons. The van der Waals surface area contributed by atoms with Gasteiger partial charge < -0.3 is 29.2 Å². The molecule has 11 nitrogen and oxygen atoms in total. The summed E-state index contributed by atoms with van der Waals surface area (Å²) in [4.78, 5) is 28.7. The lowest BCUT2D eigenvalue weighted by Gasteiger charge is -2.33. The van der Waals surface area contributed by atoms with Crippen LogP contribution in [0.4, 0.5) is 5.69 Å². The first-order valence-corrected chi connectivity index (χ1v) is 16.0. The van der Waals surface area contributed by atoms with Crippen LogP contribution in [0.2, 0.25) is 5.02 Å². The number of benzene rings is 3. The van der Waals surface area contributed by atoms with E-state index < -0.39 is 28.5 Å². The fraction of sp³-hybridized carbons (Fsp3) is 0.375. The van der Waals surface area contributed by atoms with Crippen molar-refractivity contribution >= 4 is 39.1 Å². The van der Waals surface area contributed by atoms with E-state index in [1.54, 1.807) is 43.3 Å². The Morgan fingerprint density at radius 3 is 2.13 bits per heavy atom. The molecular weight excluding hydrogens is 622 g/mol. The number of nitrogens with one attached hydrogen (secondary N) is 1. The van der Waals surface area contributed by atoms with Crippen LogP contribution in [0, 0.1) is 0 Å². The number of sulfonamides is 1. The highest BCUT2D eigenvalue weighted by molar-refractivity contribution is 7.92. The van der Waals surface area contributed by atoms with Crippen LogP contribution in [0.25, 0.3) is 0 Å². The molecule has 45 heavy (non-hydrogen) atoms. The molecule has 2 unspecified atom stereocenters. The van der Waals surface area contributed by atoms with Gasteiger partial charge in [0.05, 0.1) is 39.0 Å². The molecular formula is C32H40ClN3O8S. The van der Waals surface area contributed by atoms with Crippen LogP contribution in [0.3, 0.4) is 0 Å². The topological polar surface area (TPSA) is 124 Å². The molecule has 0 aliphatic rings. The lowest BCUT2D eigenvalue weighted by Crippen LogP contribution is -2.52. The predicted molar refractivity (Wildman–Crippen MR) is 173 cm³/mol. The highest BCUT2D eigenvalue weighted by atomic mass is 35.5. The summed E-state index contributed by atoms with van der Waals surface area (Å²) in [5.74, 6) is -0.00426. The summed E-state index contributed by atoms with van der Waals surface area (Å²) in [6.07, 6.45) is 0.688. The van der Waals surface area contributed by atoms with Gasteiger partial charge in [-0.3, -0.25) is 13.9 Å². The molecule has 0 bridgehead atoms. The van der Waals surface area contributed by atoms with Gasteiger partial charge in [-0.1, -0.05) is 30.7 Å². The highest BCUT2D eigenvalue weighted by Gasteiger charge is 2.35. The van der Waals surface area contributed by atoms with Crippen molar-refractivity contribution in [3.8, 4) is 23.0 Å². The number of hydrogen-bond donors (Lipinski definition) is 1. The lowest BCUT2D eigenvalue weighted by atomic mass is 10.1. The SMILES string of the molecule is CCC(C)NC(=O)C(C)N(Cc1cccc(Cl)c1)C(=O)CN(c1cc(OC)ccc1OC)S(=O)(=O)c1ccc(OC)c(OC)c1. The number of carbonyl (C=O) groups is 2. The summed E-state index contributed by atoms with van der Waals surface area (Å²) in [5.41, 5.74) is 0.715. The van der Waals surface area contributed by atoms with Crippen LogP contribution in [0.5, 0.6) is 23.0 Å².